The van der Waals surface area contributed by atoms with E-state index in [1.807, 2.05) is 0 Å². The normalized spacial score (nSPS) is 18.5. The number of unbranched alkanes of at least 4 members (excludes halogenated alkanes) is 8. The molecular formula is C62H73BrN2O8. The van der Waals surface area contributed by atoms with Gasteiger partial charge in [-0.25, -0.2) is 4.57 Å². The number of ether oxygens (including phenoxy) is 8. The van der Waals surface area contributed by atoms with Gasteiger partial charge in [0, 0.05) is 86.4 Å². The van der Waals surface area contributed by atoms with Gasteiger partial charge in [-0.1, -0.05) is 135 Å². The zero-order valence-corrected chi connectivity index (χ0v) is 44.9. The molecule has 5 heterocycles. The predicted molar refractivity (Wildman–Crippen MR) is 279 cm³/mol. The van der Waals surface area contributed by atoms with Crippen molar-refractivity contribution in [3.05, 3.63) is 142 Å². The largest absolute Gasteiger partial charge is 1.00 e. The van der Waals surface area contributed by atoms with E-state index in [1.165, 1.54) is 38.9 Å². The van der Waals surface area contributed by atoms with E-state index in [0.717, 1.165) is 172 Å². The summed E-state index contributed by atoms with van der Waals surface area (Å²) in [6, 6.07) is 26.9. The van der Waals surface area contributed by atoms with Gasteiger partial charge < -0.3 is 54.9 Å². The van der Waals surface area contributed by atoms with Crippen molar-refractivity contribution in [2.45, 2.75) is 161 Å². The summed E-state index contributed by atoms with van der Waals surface area (Å²) >= 11 is 0. The van der Waals surface area contributed by atoms with Crippen LogP contribution in [0, 0.1) is 0 Å². The second-order valence-electron chi connectivity index (χ2n) is 20.6. The molecule has 4 unspecified atom stereocenters. The molecule has 11 heteroatoms. The van der Waals surface area contributed by atoms with Gasteiger partial charge in [-0.3, -0.25) is 0 Å². The van der Waals surface area contributed by atoms with Gasteiger partial charge in [0.05, 0.1) is 0 Å². The summed E-state index contributed by atoms with van der Waals surface area (Å²) in [5.74, 6) is 6.17. The number of halogens is 1. The molecule has 386 valence electrons. The Morgan fingerprint density at radius 2 is 0.767 bits per heavy atom. The van der Waals surface area contributed by atoms with Crippen LogP contribution in [0.3, 0.4) is 0 Å². The summed E-state index contributed by atoms with van der Waals surface area (Å²) in [4.78, 5) is 0. The molecule has 0 amide bonds. The van der Waals surface area contributed by atoms with Gasteiger partial charge in [0.25, 0.3) is 0 Å². The number of benzene rings is 5. The molecule has 4 atom stereocenters. The minimum Gasteiger partial charge on any atom is -1.00 e. The summed E-state index contributed by atoms with van der Waals surface area (Å²) in [7, 11) is 0. The quantitative estimate of drug-likeness (QED) is 0.0586. The lowest BCUT2D eigenvalue weighted by Crippen LogP contribution is -3.00. The number of hydrogen-bond acceptors (Lipinski definition) is 8. The van der Waals surface area contributed by atoms with E-state index >= 15 is 0 Å². The summed E-state index contributed by atoms with van der Waals surface area (Å²) < 4.78 is 59.0. The third-order valence-electron chi connectivity index (χ3n) is 15.9. The Morgan fingerprint density at radius 3 is 1.14 bits per heavy atom. The zero-order chi connectivity index (χ0) is 49.0. The molecule has 0 fully saturated rings. The van der Waals surface area contributed by atoms with Gasteiger partial charge in [-0.05, 0) is 55.5 Å². The van der Waals surface area contributed by atoms with Crippen molar-refractivity contribution in [1.29, 1.82) is 0 Å². The predicted octanol–water partition coefficient (Wildman–Crippen LogP) is 11.9. The average molecular weight is 1050 g/mol. The highest BCUT2D eigenvalue weighted by molar-refractivity contribution is 5.70. The third kappa shape index (κ3) is 10.2. The Labute approximate surface area is 443 Å². The molecule has 11 rings (SSSR count). The van der Waals surface area contributed by atoms with Crippen LogP contribution in [0.15, 0.2) is 91.5 Å². The first kappa shape index (κ1) is 50.7. The van der Waals surface area contributed by atoms with Crippen molar-refractivity contribution >= 4 is 0 Å². The highest BCUT2D eigenvalue weighted by Gasteiger charge is 2.40. The number of hydrogen-bond donors (Lipinski definition) is 0. The third-order valence-corrected chi connectivity index (χ3v) is 15.9. The summed E-state index contributed by atoms with van der Waals surface area (Å²) in [6.45, 7) is 9.99. The number of aromatic nitrogens is 2. The van der Waals surface area contributed by atoms with Crippen molar-refractivity contribution in [2.75, 3.05) is 27.2 Å². The minimum atomic E-state index is -0.0720. The summed E-state index contributed by atoms with van der Waals surface area (Å²) in [6.07, 6.45) is 23.4. The minimum absolute atomic E-state index is 0. The topological polar surface area (TPSA) is 82.7 Å². The van der Waals surface area contributed by atoms with Crippen molar-refractivity contribution in [1.82, 2.24) is 4.57 Å². The van der Waals surface area contributed by atoms with Crippen molar-refractivity contribution < 1.29 is 59.4 Å². The van der Waals surface area contributed by atoms with Crippen LogP contribution in [0.4, 0.5) is 0 Å². The van der Waals surface area contributed by atoms with Crippen LogP contribution in [0.5, 0.6) is 46.0 Å². The molecule has 0 saturated carbocycles. The summed E-state index contributed by atoms with van der Waals surface area (Å²) in [5.41, 5.74) is 11.5. The fraction of sp³-hybridized carbons (Fsp3) is 0.468. The molecule has 10 nitrogen and oxygen atoms in total. The standard InChI is InChI=1S/C62H73N2O8.BrH/c1-5-9-14-22-42-46-28-47-43(23-15-10-6-2)49-30-51-45(25-17-12-8-4)53-31-52-44(24-16-11-7-3)50-29-48(42)56-33-58(50)69-39-71-61(52)60(64-27-26-63(36-64)35-41-20-18-13-19-21-41)62(53)72-40-70-59(51)34-57(49)68-38-66-55(47)32-54(46)65-37-67-56;/h13,18-21,26-34,36,42-45H,5-12,14-17,22-25,35,37-40H2,1-4H3;1H/q+1;/p-1. The monoisotopic (exact) mass is 1050 g/mol. The Kier molecular flexibility index (Phi) is 16.1. The maximum absolute atomic E-state index is 7.07. The van der Waals surface area contributed by atoms with Crippen molar-refractivity contribution in [2.24, 2.45) is 0 Å². The Balaban J connectivity index is 0.00000611. The first-order valence-electron chi connectivity index (χ1n) is 27.4. The van der Waals surface area contributed by atoms with E-state index < -0.39 is 0 Å². The van der Waals surface area contributed by atoms with Crippen LogP contribution < -0.4 is 59.4 Å². The molecular weight excluding hydrogens is 981 g/mol. The summed E-state index contributed by atoms with van der Waals surface area (Å²) in [5, 5.41) is 0. The van der Waals surface area contributed by atoms with Crippen LogP contribution in [-0.4, -0.2) is 31.7 Å². The first-order valence-corrected chi connectivity index (χ1v) is 27.4. The smallest absolute Gasteiger partial charge is 0.249 e. The van der Waals surface area contributed by atoms with Crippen LogP contribution in [0.25, 0.3) is 5.69 Å². The van der Waals surface area contributed by atoms with E-state index in [1.54, 1.807) is 0 Å². The molecule has 4 aliphatic heterocycles. The van der Waals surface area contributed by atoms with Gasteiger partial charge in [0.2, 0.25) is 39.2 Å². The second-order valence-corrected chi connectivity index (χ2v) is 20.6. The van der Waals surface area contributed by atoms with Gasteiger partial charge in [0.1, 0.15) is 53.4 Å². The van der Waals surface area contributed by atoms with Gasteiger partial charge in [-0.15, -0.1) is 0 Å². The number of imidazole rings is 1. The Hall–Kier alpha value is -5.81. The fourth-order valence-corrected chi connectivity index (χ4v) is 12.2. The van der Waals surface area contributed by atoms with Gasteiger partial charge in [-0.2, -0.15) is 4.57 Å². The first-order chi connectivity index (χ1) is 35.5. The molecule has 73 heavy (non-hydrogen) atoms. The highest BCUT2D eigenvalue weighted by Crippen LogP contribution is 2.56. The number of nitrogens with zero attached hydrogens (tertiary/aromatic N) is 2. The lowest BCUT2D eigenvalue weighted by Gasteiger charge is -2.35. The molecule has 1 aromatic heterocycles. The van der Waals surface area contributed by atoms with E-state index in [2.05, 4.69) is 128 Å². The second kappa shape index (κ2) is 23.2. The maximum Gasteiger partial charge on any atom is 0.249 e. The van der Waals surface area contributed by atoms with Crippen LogP contribution in [0.2, 0.25) is 0 Å². The Bertz CT molecular complexity index is 2720. The number of rotatable bonds is 19. The van der Waals surface area contributed by atoms with E-state index in [0.29, 0.717) is 0 Å². The molecule has 0 N–H and O–H groups in total. The molecule has 5 aliphatic rings. The average Bonchev–Trinajstić information content (AvgIpc) is 3.84. The zero-order valence-electron chi connectivity index (χ0n) is 43.4. The van der Waals surface area contributed by atoms with Crippen LogP contribution in [0.1, 0.15) is 204 Å². The Morgan fingerprint density at radius 1 is 0.425 bits per heavy atom. The maximum atomic E-state index is 7.07. The van der Waals surface area contributed by atoms with E-state index in [-0.39, 0.29) is 67.8 Å². The molecule has 0 saturated heterocycles. The fourth-order valence-electron chi connectivity index (χ4n) is 12.2. The van der Waals surface area contributed by atoms with Crippen LogP contribution >= 0.6 is 0 Å². The van der Waals surface area contributed by atoms with Gasteiger partial charge in [0.15, 0.2) is 11.5 Å². The lowest BCUT2D eigenvalue weighted by molar-refractivity contribution is -0.687. The highest BCUT2D eigenvalue weighted by atomic mass is 79.9. The van der Waals surface area contributed by atoms with E-state index in [9.17, 15) is 0 Å². The van der Waals surface area contributed by atoms with Crippen molar-refractivity contribution in [3.8, 4) is 51.7 Å². The van der Waals surface area contributed by atoms with Crippen molar-refractivity contribution in [3.63, 3.8) is 0 Å². The molecule has 0 spiro atoms. The molecule has 1 aliphatic carbocycles. The van der Waals surface area contributed by atoms with Crippen LogP contribution in [-0.2, 0) is 6.54 Å². The molecule has 8 bridgehead atoms. The SMILES string of the molecule is CCCCCC1c2cc3c4cc2OCOc2cc5c(cc21)C(CCCCC)c1cc2c(c(-n6cc[n+](Cc7ccccc7)c6)c1OCO5)OCOc1cc(c(cc1C2CCCCC)C3CCCCC)OCO4.[Br-]. The van der Waals surface area contributed by atoms with Gasteiger partial charge >= 0.3 is 0 Å². The molecule has 0 radical (unpaired) electrons. The molecule has 5 aromatic carbocycles. The lowest BCUT2D eigenvalue weighted by atomic mass is 9.76. The molecule has 6 aromatic rings. The van der Waals surface area contributed by atoms with E-state index in [4.69, 9.17) is 37.9 Å².